The highest BCUT2D eigenvalue weighted by Crippen LogP contribution is 2.33. The van der Waals surface area contributed by atoms with Crippen molar-refractivity contribution >= 4 is 23.2 Å². The second kappa shape index (κ2) is 8.93. The van der Waals surface area contributed by atoms with Gasteiger partial charge in [0, 0.05) is 45.0 Å². The molecule has 0 spiro atoms. The summed E-state index contributed by atoms with van der Waals surface area (Å²) in [5, 5.41) is 18.4. The maximum Gasteiger partial charge on any atom is 0.258 e. The van der Waals surface area contributed by atoms with Crippen molar-refractivity contribution in [3.8, 4) is 11.4 Å². The largest absolute Gasteiger partial charge is 0.388 e. The van der Waals surface area contributed by atoms with Crippen LogP contribution >= 0.6 is 0 Å². The predicted molar refractivity (Wildman–Crippen MR) is 136 cm³/mol. The van der Waals surface area contributed by atoms with Crippen molar-refractivity contribution in [2.45, 2.75) is 37.5 Å². The van der Waals surface area contributed by atoms with E-state index >= 15 is 0 Å². The number of fused-ring (bicyclic) bond motifs is 1. The van der Waals surface area contributed by atoms with E-state index in [4.69, 9.17) is 9.82 Å². The van der Waals surface area contributed by atoms with Crippen LogP contribution in [0, 0.1) is 0 Å². The fourth-order valence-electron chi connectivity index (χ4n) is 4.70. The Morgan fingerprint density at radius 1 is 1.11 bits per heavy atom. The van der Waals surface area contributed by atoms with Crippen LogP contribution in [0.5, 0.6) is 0 Å². The van der Waals surface area contributed by atoms with Crippen LogP contribution in [0.25, 0.3) is 17.0 Å². The number of hydrogen-bond donors (Lipinski definition) is 2. The minimum absolute atomic E-state index is 0.112. The van der Waals surface area contributed by atoms with Crippen LogP contribution in [0.2, 0.25) is 0 Å². The SMILES string of the molecule is C[C@H](Nc1nccc(-c2cccc(C3=NOC([C@]4(O)CCN(C)C4=O)C3)n2)n1)c1cn2ccccc2n1. The molecule has 2 aliphatic rings. The standard InChI is InChI=1S/C26H26N8O3/c1-16(21-15-34-12-4-3-8-23(34)30-21)28-25-27-11-9-19(31-25)17-6-5-7-18(29-17)20-14-22(37-32-20)26(36)10-13-33(2)24(26)35/h3-9,11-12,15-16,22,36H,10,13-14H2,1-2H3,(H,27,28,31)/t16-,22?,26+/m0/s1. The average molecular weight is 499 g/mol. The molecule has 11 nitrogen and oxygen atoms in total. The second-order valence-corrected chi connectivity index (χ2v) is 9.41. The van der Waals surface area contributed by atoms with Crippen molar-refractivity contribution in [3.05, 3.63) is 72.4 Å². The highest BCUT2D eigenvalue weighted by atomic mass is 16.7. The molecule has 0 saturated carbocycles. The van der Waals surface area contributed by atoms with Crippen molar-refractivity contribution < 1.29 is 14.7 Å². The van der Waals surface area contributed by atoms with E-state index in [0.29, 0.717) is 48.1 Å². The third kappa shape index (κ3) is 4.16. The molecule has 1 unspecified atom stereocenters. The molecule has 1 fully saturated rings. The minimum atomic E-state index is -1.57. The van der Waals surface area contributed by atoms with Crippen LogP contribution in [0.1, 0.15) is 37.2 Å². The Kier molecular flexibility index (Phi) is 5.56. The molecule has 2 N–H and O–H groups in total. The zero-order chi connectivity index (χ0) is 25.6. The van der Waals surface area contributed by atoms with E-state index in [0.717, 1.165) is 11.3 Å². The molecule has 6 rings (SSSR count). The lowest BCUT2D eigenvalue weighted by atomic mass is 9.91. The van der Waals surface area contributed by atoms with Gasteiger partial charge in [-0.1, -0.05) is 17.3 Å². The Labute approximate surface area is 212 Å². The van der Waals surface area contributed by atoms with Crippen LogP contribution in [0.4, 0.5) is 5.95 Å². The first-order valence-electron chi connectivity index (χ1n) is 12.1. The van der Waals surface area contributed by atoms with Crippen LogP contribution < -0.4 is 5.32 Å². The molecule has 4 aromatic rings. The van der Waals surface area contributed by atoms with E-state index in [1.165, 1.54) is 4.90 Å². The summed E-state index contributed by atoms with van der Waals surface area (Å²) < 4.78 is 1.97. The van der Waals surface area contributed by atoms with E-state index < -0.39 is 11.7 Å². The number of likely N-dealkylation sites (tertiary alicyclic amines) is 1. The molecule has 4 aromatic heterocycles. The summed E-state index contributed by atoms with van der Waals surface area (Å²) in [5.74, 6) is 0.122. The number of aromatic nitrogens is 5. The molecule has 37 heavy (non-hydrogen) atoms. The number of carbonyl (C=O) groups is 1. The highest BCUT2D eigenvalue weighted by molar-refractivity contribution is 6.01. The molecule has 0 radical (unpaired) electrons. The molecule has 0 aromatic carbocycles. The van der Waals surface area contributed by atoms with E-state index in [2.05, 4.69) is 25.4 Å². The minimum Gasteiger partial charge on any atom is -0.388 e. The maximum atomic E-state index is 12.4. The number of nitrogens with one attached hydrogen (secondary N) is 1. The number of hydrogen-bond acceptors (Lipinski definition) is 9. The Morgan fingerprint density at radius 3 is 2.76 bits per heavy atom. The number of anilines is 1. The number of imidazole rings is 1. The fraction of sp³-hybridized carbons (Fsp3) is 0.308. The molecule has 1 amide bonds. The molecule has 188 valence electrons. The van der Waals surface area contributed by atoms with Crippen molar-refractivity contribution in [3.63, 3.8) is 0 Å². The molecule has 3 atom stereocenters. The van der Waals surface area contributed by atoms with Gasteiger partial charge in [-0.2, -0.15) is 0 Å². The molecular formula is C26H26N8O3. The first kappa shape index (κ1) is 23.0. The smallest absolute Gasteiger partial charge is 0.258 e. The van der Waals surface area contributed by atoms with Gasteiger partial charge in [-0.15, -0.1) is 0 Å². The van der Waals surface area contributed by atoms with Gasteiger partial charge in [0.2, 0.25) is 5.95 Å². The molecule has 6 heterocycles. The van der Waals surface area contributed by atoms with Crippen LogP contribution in [0.3, 0.4) is 0 Å². The summed E-state index contributed by atoms with van der Waals surface area (Å²) in [6, 6.07) is 13.1. The quantitative estimate of drug-likeness (QED) is 0.415. The molecular weight excluding hydrogens is 472 g/mol. The molecule has 11 heteroatoms. The summed E-state index contributed by atoms with van der Waals surface area (Å²) >= 11 is 0. The predicted octanol–water partition coefficient (Wildman–Crippen LogP) is 2.45. The van der Waals surface area contributed by atoms with Crippen LogP contribution in [0.15, 0.2) is 66.2 Å². The number of nitrogens with zero attached hydrogens (tertiary/aromatic N) is 7. The number of amides is 1. The van der Waals surface area contributed by atoms with E-state index in [1.807, 2.05) is 60.1 Å². The Bertz CT molecular complexity index is 1490. The normalized spacial score (nSPS) is 22.2. The summed E-state index contributed by atoms with van der Waals surface area (Å²) in [4.78, 5) is 37.9. The van der Waals surface area contributed by atoms with Gasteiger partial charge in [-0.3, -0.25) is 4.79 Å². The highest BCUT2D eigenvalue weighted by Gasteiger charge is 2.53. The first-order valence-corrected chi connectivity index (χ1v) is 12.1. The summed E-state index contributed by atoms with van der Waals surface area (Å²) in [6.45, 7) is 2.49. The van der Waals surface area contributed by atoms with Gasteiger partial charge in [-0.05, 0) is 37.3 Å². The van der Waals surface area contributed by atoms with Crippen molar-refractivity contribution in [1.82, 2.24) is 29.2 Å². The fourth-order valence-corrected chi connectivity index (χ4v) is 4.70. The van der Waals surface area contributed by atoms with Gasteiger partial charge in [0.15, 0.2) is 11.7 Å². The van der Waals surface area contributed by atoms with Gasteiger partial charge in [0.25, 0.3) is 5.91 Å². The van der Waals surface area contributed by atoms with Crippen molar-refractivity contribution in [2.75, 3.05) is 18.9 Å². The molecule has 0 aliphatic carbocycles. The number of oxime groups is 1. The van der Waals surface area contributed by atoms with Gasteiger partial charge >= 0.3 is 0 Å². The van der Waals surface area contributed by atoms with Gasteiger partial charge in [0.05, 0.1) is 28.8 Å². The lowest BCUT2D eigenvalue weighted by molar-refractivity contribution is -0.156. The first-order chi connectivity index (χ1) is 17.9. The molecule has 1 saturated heterocycles. The van der Waals surface area contributed by atoms with Gasteiger partial charge in [-0.25, -0.2) is 19.9 Å². The van der Waals surface area contributed by atoms with E-state index in [1.54, 1.807) is 19.3 Å². The number of likely N-dealkylation sites (N-methyl/N-ethyl adjacent to an activating group) is 1. The van der Waals surface area contributed by atoms with E-state index in [9.17, 15) is 9.90 Å². The third-order valence-corrected chi connectivity index (χ3v) is 6.88. The van der Waals surface area contributed by atoms with Crippen molar-refractivity contribution in [2.24, 2.45) is 5.16 Å². The summed E-state index contributed by atoms with van der Waals surface area (Å²) in [5.41, 5.74) is 2.66. The zero-order valence-electron chi connectivity index (χ0n) is 20.4. The molecule has 0 bridgehead atoms. The topological polar surface area (TPSA) is 130 Å². The van der Waals surface area contributed by atoms with E-state index in [-0.39, 0.29) is 11.9 Å². The lowest BCUT2D eigenvalue weighted by Crippen LogP contribution is -2.48. The number of aliphatic hydroxyl groups is 1. The Morgan fingerprint density at radius 2 is 1.95 bits per heavy atom. The monoisotopic (exact) mass is 498 g/mol. The van der Waals surface area contributed by atoms with Gasteiger partial charge in [0.1, 0.15) is 11.4 Å². The number of carbonyl (C=O) groups excluding carboxylic acids is 1. The van der Waals surface area contributed by atoms with Gasteiger partial charge < -0.3 is 24.6 Å². The lowest BCUT2D eigenvalue weighted by Gasteiger charge is -2.25. The number of pyridine rings is 2. The zero-order valence-corrected chi connectivity index (χ0v) is 20.4. The Hall–Kier alpha value is -4.38. The average Bonchev–Trinajstić information content (AvgIpc) is 3.65. The van der Waals surface area contributed by atoms with Crippen LogP contribution in [-0.4, -0.2) is 71.3 Å². The van der Waals surface area contributed by atoms with Crippen LogP contribution in [-0.2, 0) is 9.63 Å². The second-order valence-electron chi connectivity index (χ2n) is 9.41. The summed E-state index contributed by atoms with van der Waals surface area (Å²) in [6.07, 6.45) is 5.49. The van der Waals surface area contributed by atoms with Crippen molar-refractivity contribution in [1.29, 1.82) is 0 Å². The third-order valence-electron chi connectivity index (χ3n) is 6.88. The Balaban J connectivity index is 1.18. The molecule has 2 aliphatic heterocycles. The maximum absolute atomic E-state index is 12.4. The summed E-state index contributed by atoms with van der Waals surface area (Å²) in [7, 11) is 1.67. The number of rotatable bonds is 6.